The van der Waals surface area contributed by atoms with Crippen molar-refractivity contribution in [3.63, 3.8) is 0 Å². The van der Waals surface area contributed by atoms with Crippen LogP contribution < -0.4 is 5.73 Å². The Bertz CT molecular complexity index is 358. The minimum Gasteiger partial charge on any atom is -0.368 e. The van der Waals surface area contributed by atoms with E-state index < -0.39 is 0 Å². The van der Waals surface area contributed by atoms with Gasteiger partial charge in [0.25, 0.3) is 0 Å². The average Bonchev–Trinajstić information content (AvgIpc) is 2.67. The van der Waals surface area contributed by atoms with Crippen molar-refractivity contribution in [2.75, 3.05) is 6.54 Å². The van der Waals surface area contributed by atoms with Gasteiger partial charge in [-0.3, -0.25) is 9.59 Å². The number of allylic oxidation sites excluding steroid dienone is 4. The van der Waals surface area contributed by atoms with Crippen molar-refractivity contribution in [3.8, 4) is 0 Å². The van der Waals surface area contributed by atoms with Crippen LogP contribution in [0.2, 0.25) is 0 Å². The molecule has 1 amide bonds. The molecule has 1 unspecified atom stereocenters. The summed E-state index contributed by atoms with van der Waals surface area (Å²) in [5.74, 6) is -0.263. The van der Waals surface area contributed by atoms with Crippen LogP contribution in [0.1, 0.15) is 19.3 Å². The van der Waals surface area contributed by atoms with Crippen molar-refractivity contribution >= 4 is 11.7 Å². The smallest absolute Gasteiger partial charge is 0.240 e. The van der Waals surface area contributed by atoms with Gasteiger partial charge in [-0.1, -0.05) is 12.2 Å². The third-order valence-electron chi connectivity index (χ3n) is 2.87. The van der Waals surface area contributed by atoms with Crippen molar-refractivity contribution in [1.29, 1.82) is 0 Å². The number of ketones is 1. The van der Waals surface area contributed by atoms with Gasteiger partial charge in [0.05, 0.1) is 5.70 Å². The molecule has 1 atom stereocenters. The lowest BCUT2D eigenvalue weighted by Gasteiger charge is -2.26. The minimum absolute atomic E-state index is 0.0747. The standard InChI is InChI=1S/C11H14N2O2/c12-11(15)9-5-3-7-13(9)8-4-1-2-6-10(8)14/h1-2,4,9H,3,5-7H2,(H2,12,15). The summed E-state index contributed by atoms with van der Waals surface area (Å²) in [4.78, 5) is 24.7. The van der Waals surface area contributed by atoms with Gasteiger partial charge in [-0.2, -0.15) is 0 Å². The molecule has 1 aliphatic carbocycles. The van der Waals surface area contributed by atoms with Crippen molar-refractivity contribution in [3.05, 3.63) is 23.9 Å². The van der Waals surface area contributed by atoms with Gasteiger partial charge >= 0.3 is 0 Å². The van der Waals surface area contributed by atoms with Crippen LogP contribution in [-0.2, 0) is 9.59 Å². The van der Waals surface area contributed by atoms with Crippen LogP contribution in [0.3, 0.4) is 0 Å². The van der Waals surface area contributed by atoms with E-state index in [0.717, 1.165) is 19.4 Å². The van der Waals surface area contributed by atoms with Gasteiger partial charge in [-0.15, -0.1) is 0 Å². The number of Topliss-reactive ketones (excluding diaryl/α,β-unsaturated/α-hetero) is 1. The fourth-order valence-electron chi connectivity index (χ4n) is 2.14. The van der Waals surface area contributed by atoms with Gasteiger partial charge in [0.1, 0.15) is 6.04 Å². The second-order valence-corrected chi connectivity index (χ2v) is 3.86. The topological polar surface area (TPSA) is 63.4 Å². The molecule has 0 radical (unpaired) electrons. The fourth-order valence-corrected chi connectivity index (χ4v) is 2.14. The highest BCUT2D eigenvalue weighted by Gasteiger charge is 2.32. The zero-order valence-electron chi connectivity index (χ0n) is 8.48. The lowest BCUT2D eigenvalue weighted by molar-refractivity contribution is -0.122. The molecule has 80 valence electrons. The first-order valence-corrected chi connectivity index (χ1v) is 5.16. The zero-order chi connectivity index (χ0) is 10.8. The maximum atomic E-state index is 11.6. The van der Waals surface area contributed by atoms with E-state index in [1.165, 1.54) is 0 Å². The Labute approximate surface area is 88.4 Å². The highest BCUT2D eigenvalue weighted by atomic mass is 16.1. The summed E-state index contributed by atoms with van der Waals surface area (Å²) in [7, 11) is 0. The normalized spacial score (nSPS) is 25.6. The molecule has 0 aromatic heterocycles. The van der Waals surface area contributed by atoms with E-state index in [-0.39, 0.29) is 17.7 Å². The Balaban J connectivity index is 2.22. The van der Waals surface area contributed by atoms with Crippen molar-refractivity contribution < 1.29 is 9.59 Å². The number of nitrogens with two attached hydrogens (primary N) is 1. The third-order valence-corrected chi connectivity index (χ3v) is 2.87. The molecule has 4 heteroatoms. The summed E-state index contributed by atoms with van der Waals surface area (Å²) in [6.45, 7) is 0.749. The molecule has 2 rings (SSSR count). The van der Waals surface area contributed by atoms with E-state index in [0.29, 0.717) is 12.1 Å². The predicted molar refractivity (Wildman–Crippen MR) is 55.8 cm³/mol. The molecular formula is C11H14N2O2. The Morgan fingerprint density at radius 1 is 1.53 bits per heavy atom. The van der Waals surface area contributed by atoms with Crippen LogP contribution in [0, 0.1) is 0 Å². The first-order chi connectivity index (χ1) is 7.20. The first-order valence-electron chi connectivity index (χ1n) is 5.16. The maximum Gasteiger partial charge on any atom is 0.240 e. The van der Waals surface area contributed by atoms with Gasteiger partial charge in [0.15, 0.2) is 5.78 Å². The Morgan fingerprint density at radius 2 is 2.33 bits per heavy atom. The van der Waals surface area contributed by atoms with E-state index >= 15 is 0 Å². The lowest BCUT2D eigenvalue weighted by atomic mass is 10.1. The fraction of sp³-hybridized carbons (Fsp3) is 0.455. The number of amides is 1. The van der Waals surface area contributed by atoms with Gasteiger partial charge in [0.2, 0.25) is 5.91 Å². The van der Waals surface area contributed by atoms with Crippen LogP contribution in [-0.4, -0.2) is 29.2 Å². The molecule has 0 aromatic carbocycles. The Morgan fingerprint density at radius 3 is 3.00 bits per heavy atom. The summed E-state index contributed by atoms with van der Waals surface area (Å²) in [6, 6.07) is -0.299. The summed E-state index contributed by atoms with van der Waals surface area (Å²) < 4.78 is 0. The highest BCUT2D eigenvalue weighted by Crippen LogP contribution is 2.24. The van der Waals surface area contributed by atoms with Gasteiger partial charge < -0.3 is 10.6 Å². The second-order valence-electron chi connectivity index (χ2n) is 3.86. The van der Waals surface area contributed by atoms with Crippen LogP contribution in [0.15, 0.2) is 23.9 Å². The highest BCUT2D eigenvalue weighted by molar-refractivity contribution is 5.98. The van der Waals surface area contributed by atoms with E-state index in [1.54, 1.807) is 6.08 Å². The number of nitrogens with zero attached hydrogens (tertiary/aromatic N) is 1. The molecule has 1 aliphatic heterocycles. The molecule has 0 bridgehead atoms. The van der Waals surface area contributed by atoms with Crippen molar-refractivity contribution in [2.45, 2.75) is 25.3 Å². The Kier molecular flexibility index (Phi) is 2.58. The van der Waals surface area contributed by atoms with Crippen molar-refractivity contribution in [2.24, 2.45) is 5.73 Å². The largest absolute Gasteiger partial charge is 0.368 e. The number of likely N-dealkylation sites (tertiary alicyclic amines) is 1. The molecular weight excluding hydrogens is 192 g/mol. The molecule has 2 aliphatic rings. The van der Waals surface area contributed by atoms with Crippen LogP contribution in [0.4, 0.5) is 0 Å². The van der Waals surface area contributed by atoms with E-state index in [9.17, 15) is 9.59 Å². The van der Waals surface area contributed by atoms with Gasteiger partial charge in [-0.25, -0.2) is 0 Å². The first kappa shape index (κ1) is 9.96. The van der Waals surface area contributed by atoms with Crippen LogP contribution in [0.5, 0.6) is 0 Å². The number of carbonyl (C=O) groups excluding carboxylic acids is 2. The van der Waals surface area contributed by atoms with E-state index in [2.05, 4.69) is 0 Å². The summed E-state index contributed by atoms with van der Waals surface area (Å²) in [6.07, 6.45) is 7.54. The molecule has 1 fully saturated rings. The zero-order valence-corrected chi connectivity index (χ0v) is 8.48. The average molecular weight is 206 g/mol. The SMILES string of the molecule is NC(=O)C1CCCN1C1=CC=CCC1=O. The van der Waals surface area contributed by atoms with Crippen molar-refractivity contribution in [1.82, 2.24) is 4.90 Å². The molecule has 1 saturated heterocycles. The summed E-state index contributed by atoms with van der Waals surface area (Å²) in [5.41, 5.74) is 5.94. The van der Waals surface area contributed by atoms with E-state index in [1.807, 2.05) is 17.1 Å². The molecule has 0 spiro atoms. The number of hydrogen-bond donors (Lipinski definition) is 1. The monoisotopic (exact) mass is 206 g/mol. The molecule has 2 N–H and O–H groups in total. The molecule has 1 heterocycles. The lowest BCUT2D eigenvalue weighted by Crippen LogP contribution is -2.41. The molecule has 15 heavy (non-hydrogen) atoms. The maximum absolute atomic E-state index is 11.6. The number of hydrogen-bond acceptors (Lipinski definition) is 3. The predicted octanol–water partition coefficient (Wildman–Crippen LogP) is 0.349. The molecule has 0 saturated carbocycles. The number of primary amides is 1. The summed E-state index contributed by atoms with van der Waals surface area (Å²) >= 11 is 0. The number of carbonyl (C=O) groups is 2. The molecule has 0 aromatic rings. The van der Waals surface area contributed by atoms with E-state index in [4.69, 9.17) is 5.73 Å². The summed E-state index contributed by atoms with van der Waals surface area (Å²) in [5, 5.41) is 0. The number of rotatable bonds is 2. The van der Waals surface area contributed by atoms with Crippen LogP contribution >= 0.6 is 0 Å². The quantitative estimate of drug-likeness (QED) is 0.709. The Hall–Kier alpha value is -1.58. The van der Waals surface area contributed by atoms with Crippen LogP contribution in [0.25, 0.3) is 0 Å². The van der Waals surface area contributed by atoms with Gasteiger partial charge in [0, 0.05) is 13.0 Å². The van der Waals surface area contributed by atoms with Gasteiger partial charge in [-0.05, 0) is 18.9 Å². The molecule has 4 nitrogen and oxygen atoms in total. The minimum atomic E-state index is -0.337. The second kappa shape index (κ2) is 3.88. The third kappa shape index (κ3) is 1.79.